The number of carbonyl (C=O) groups excluding carboxylic acids is 2. The number of methoxy groups -OCH3 is 1. The van der Waals surface area contributed by atoms with Crippen LogP contribution in [0.25, 0.3) is 0 Å². The van der Waals surface area contributed by atoms with Crippen molar-refractivity contribution >= 4 is 17.7 Å². The molecule has 0 aromatic heterocycles. The van der Waals surface area contributed by atoms with Crippen molar-refractivity contribution in [1.82, 2.24) is 9.80 Å². The zero-order chi connectivity index (χ0) is 19.3. The van der Waals surface area contributed by atoms with Gasteiger partial charge in [-0.2, -0.15) is 0 Å². The van der Waals surface area contributed by atoms with E-state index in [1.54, 1.807) is 0 Å². The van der Waals surface area contributed by atoms with Crippen LogP contribution in [0.15, 0.2) is 24.3 Å². The van der Waals surface area contributed by atoms with Gasteiger partial charge in [0.25, 0.3) is 0 Å². The summed E-state index contributed by atoms with van der Waals surface area (Å²) in [6.45, 7) is 2.97. The van der Waals surface area contributed by atoms with E-state index < -0.39 is 0 Å². The molecule has 7 heteroatoms. The number of para-hydroxylation sites is 1. The van der Waals surface area contributed by atoms with Gasteiger partial charge in [0.1, 0.15) is 0 Å². The molecule has 4 aliphatic heterocycles. The summed E-state index contributed by atoms with van der Waals surface area (Å²) in [6, 6.07) is 8.68. The molecule has 3 saturated heterocycles. The fourth-order valence-corrected chi connectivity index (χ4v) is 5.73. The predicted molar refractivity (Wildman–Crippen MR) is 103 cm³/mol. The van der Waals surface area contributed by atoms with E-state index in [0.717, 1.165) is 50.0 Å². The normalized spacial score (nSPS) is 31.4. The van der Waals surface area contributed by atoms with E-state index in [1.807, 2.05) is 23.1 Å². The van der Waals surface area contributed by atoms with Crippen LogP contribution >= 0.6 is 0 Å². The molecule has 4 heterocycles. The van der Waals surface area contributed by atoms with Crippen LogP contribution in [0.3, 0.4) is 0 Å². The second-order valence-corrected chi connectivity index (χ2v) is 8.47. The third-order valence-corrected chi connectivity index (χ3v) is 7.17. The monoisotopic (exact) mass is 385 g/mol. The quantitative estimate of drug-likeness (QED) is 0.800. The fraction of sp³-hybridized carbons (Fsp3) is 0.619. The largest absolute Gasteiger partial charge is 0.453 e. The van der Waals surface area contributed by atoms with Gasteiger partial charge in [0.15, 0.2) is 0 Å². The molecule has 2 unspecified atom stereocenters. The molecule has 1 spiro atoms. The van der Waals surface area contributed by atoms with Crippen molar-refractivity contribution in [2.24, 2.45) is 0 Å². The van der Waals surface area contributed by atoms with Crippen molar-refractivity contribution in [3.8, 4) is 0 Å². The van der Waals surface area contributed by atoms with Crippen LogP contribution < -0.4 is 5.32 Å². The van der Waals surface area contributed by atoms with E-state index in [4.69, 9.17) is 9.47 Å². The van der Waals surface area contributed by atoms with E-state index in [0.29, 0.717) is 19.3 Å². The van der Waals surface area contributed by atoms with Crippen LogP contribution in [0.5, 0.6) is 0 Å². The molecule has 1 aromatic rings. The number of benzene rings is 1. The Bertz CT molecular complexity index is 776. The molecule has 5 rings (SSSR count). The van der Waals surface area contributed by atoms with Gasteiger partial charge in [0.05, 0.1) is 37.8 Å². The lowest BCUT2D eigenvalue weighted by molar-refractivity contribution is -0.123. The van der Waals surface area contributed by atoms with Gasteiger partial charge in [-0.15, -0.1) is 0 Å². The summed E-state index contributed by atoms with van der Waals surface area (Å²) in [5, 5.41) is 3.08. The smallest absolute Gasteiger partial charge is 0.410 e. The molecule has 2 amide bonds. The molecule has 1 N–H and O–H groups in total. The van der Waals surface area contributed by atoms with Gasteiger partial charge >= 0.3 is 6.09 Å². The first-order chi connectivity index (χ1) is 13.6. The number of hydrogen-bond acceptors (Lipinski definition) is 5. The highest BCUT2D eigenvalue weighted by molar-refractivity contribution is 6.06. The lowest BCUT2D eigenvalue weighted by Crippen LogP contribution is -2.63. The number of piperidine rings is 2. The Balaban J connectivity index is 1.30. The standard InChI is InChI=1S/C21H27N3O4/c1-27-20(26)24-15-10-14(11-16(24)13-28-12-15)23-8-6-21(7-9-23)17-4-2-3-5-18(17)22-19(21)25/h2-5,14-16H,6-13H2,1H3,(H,22,25). The van der Waals surface area contributed by atoms with Crippen molar-refractivity contribution in [1.29, 1.82) is 0 Å². The highest BCUT2D eigenvalue weighted by Gasteiger charge is 2.50. The molecule has 3 fully saturated rings. The highest BCUT2D eigenvalue weighted by Crippen LogP contribution is 2.45. The first kappa shape index (κ1) is 17.9. The van der Waals surface area contributed by atoms with Crippen molar-refractivity contribution in [2.45, 2.75) is 49.2 Å². The number of carbonyl (C=O) groups is 2. The number of nitrogens with zero attached hydrogens (tertiary/aromatic N) is 2. The fourth-order valence-electron chi connectivity index (χ4n) is 5.73. The number of rotatable bonds is 1. The first-order valence-corrected chi connectivity index (χ1v) is 10.2. The number of morpholine rings is 1. The molecule has 2 atom stereocenters. The topological polar surface area (TPSA) is 71.1 Å². The molecular weight excluding hydrogens is 358 g/mol. The van der Waals surface area contributed by atoms with Gasteiger partial charge in [0, 0.05) is 11.7 Å². The highest BCUT2D eigenvalue weighted by atomic mass is 16.5. The molecule has 7 nitrogen and oxygen atoms in total. The lowest BCUT2D eigenvalue weighted by atomic mass is 9.73. The summed E-state index contributed by atoms with van der Waals surface area (Å²) in [6.07, 6.45) is 3.26. The number of fused-ring (bicyclic) bond motifs is 4. The minimum absolute atomic E-state index is 0.0799. The van der Waals surface area contributed by atoms with Gasteiger partial charge in [-0.3, -0.25) is 9.69 Å². The maximum absolute atomic E-state index is 12.8. The summed E-state index contributed by atoms with van der Waals surface area (Å²) >= 11 is 0. The lowest BCUT2D eigenvalue weighted by Gasteiger charge is -2.51. The number of ether oxygens (including phenoxy) is 2. The average molecular weight is 385 g/mol. The summed E-state index contributed by atoms with van der Waals surface area (Å²) in [5.74, 6) is 0.152. The van der Waals surface area contributed by atoms with Crippen LogP contribution in [0.2, 0.25) is 0 Å². The van der Waals surface area contributed by atoms with Gasteiger partial charge < -0.3 is 19.7 Å². The number of anilines is 1. The zero-order valence-electron chi connectivity index (χ0n) is 16.2. The molecule has 150 valence electrons. The summed E-state index contributed by atoms with van der Waals surface area (Å²) in [5.41, 5.74) is 1.75. The Morgan fingerprint density at radius 1 is 1.14 bits per heavy atom. The van der Waals surface area contributed by atoms with Crippen LogP contribution in [-0.2, 0) is 19.7 Å². The maximum atomic E-state index is 12.8. The van der Waals surface area contributed by atoms with Crippen molar-refractivity contribution < 1.29 is 19.1 Å². The average Bonchev–Trinajstić information content (AvgIpc) is 2.98. The van der Waals surface area contributed by atoms with Gasteiger partial charge in [0.2, 0.25) is 5.91 Å². The van der Waals surface area contributed by atoms with Gasteiger partial charge in [-0.1, -0.05) is 18.2 Å². The minimum atomic E-state index is -0.376. The number of hydrogen-bond donors (Lipinski definition) is 1. The Kier molecular flexibility index (Phi) is 4.32. The third-order valence-electron chi connectivity index (χ3n) is 7.17. The number of amides is 2. The Morgan fingerprint density at radius 3 is 2.50 bits per heavy atom. The molecule has 0 radical (unpaired) electrons. The molecule has 1 aromatic carbocycles. The Labute approximate surface area is 165 Å². The molecule has 2 bridgehead atoms. The summed E-state index contributed by atoms with van der Waals surface area (Å²) in [7, 11) is 1.44. The third kappa shape index (κ3) is 2.63. The van der Waals surface area contributed by atoms with Crippen LogP contribution in [0.4, 0.5) is 10.5 Å². The van der Waals surface area contributed by atoms with Crippen LogP contribution in [0, 0.1) is 0 Å². The van der Waals surface area contributed by atoms with E-state index in [-0.39, 0.29) is 29.5 Å². The summed E-state index contributed by atoms with van der Waals surface area (Å²) in [4.78, 5) is 29.4. The van der Waals surface area contributed by atoms with Crippen molar-refractivity contribution in [3.05, 3.63) is 29.8 Å². The zero-order valence-corrected chi connectivity index (χ0v) is 16.2. The Morgan fingerprint density at radius 2 is 1.82 bits per heavy atom. The van der Waals surface area contributed by atoms with E-state index >= 15 is 0 Å². The second-order valence-electron chi connectivity index (χ2n) is 8.47. The molecule has 28 heavy (non-hydrogen) atoms. The van der Waals surface area contributed by atoms with Gasteiger partial charge in [-0.05, 0) is 50.4 Å². The predicted octanol–water partition coefficient (Wildman–Crippen LogP) is 1.97. The van der Waals surface area contributed by atoms with Gasteiger partial charge in [-0.25, -0.2) is 4.79 Å². The summed E-state index contributed by atoms with van der Waals surface area (Å²) < 4.78 is 10.7. The van der Waals surface area contributed by atoms with Crippen LogP contribution in [-0.4, -0.2) is 73.3 Å². The first-order valence-electron chi connectivity index (χ1n) is 10.2. The number of nitrogens with one attached hydrogen (secondary N) is 1. The van der Waals surface area contributed by atoms with Crippen LogP contribution in [0.1, 0.15) is 31.2 Å². The van der Waals surface area contributed by atoms with Crippen molar-refractivity contribution in [2.75, 3.05) is 38.7 Å². The molecule has 0 saturated carbocycles. The molecule has 0 aliphatic carbocycles. The SMILES string of the molecule is COC(=O)N1C2COCC1CC(N1CCC3(CC1)C(=O)Nc1ccccc13)C2. The molecular formula is C21H27N3O4. The maximum Gasteiger partial charge on any atom is 0.410 e. The number of likely N-dealkylation sites (tertiary alicyclic amines) is 1. The second kappa shape index (κ2) is 6.74. The Hall–Kier alpha value is -2.12. The molecule has 4 aliphatic rings. The van der Waals surface area contributed by atoms with E-state index in [1.165, 1.54) is 7.11 Å². The van der Waals surface area contributed by atoms with E-state index in [2.05, 4.69) is 16.3 Å². The minimum Gasteiger partial charge on any atom is -0.453 e. The van der Waals surface area contributed by atoms with E-state index in [9.17, 15) is 9.59 Å². The van der Waals surface area contributed by atoms with Crippen molar-refractivity contribution in [3.63, 3.8) is 0 Å².